The SMILES string of the molecule is O=S(=O)(Cc1ccncc1)CC1CCCNC1. The molecule has 17 heavy (non-hydrogen) atoms. The van der Waals surface area contributed by atoms with E-state index >= 15 is 0 Å². The second-order valence-corrected chi connectivity index (χ2v) is 6.73. The predicted octanol–water partition coefficient (Wildman–Crippen LogP) is 0.996. The Morgan fingerprint density at radius 2 is 2.12 bits per heavy atom. The lowest BCUT2D eigenvalue weighted by molar-refractivity contribution is 0.404. The van der Waals surface area contributed by atoms with Gasteiger partial charge in [0.05, 0.1) is 11.5 Å². The second kappa shape index (κ2) is 5.60. The van der Waals surface area contributed by atoms with Crippen molar-refractivity contribution in [3.8, 4) is 0 Å². The highest BCUT2D eigenvalue weighted by atomic mass is 32.2. The number of aromatic nitrogens is 1. The summed E-state index contributed by atoms with van der Waals surface area (Å²) in [6.45, 7) is 1.84. The molecule has 1 unspecified atom stereocenters. The summed E-state index contributed by atoms with van der Waals surface area (Å²) in [6.07, 6.45) is 5.36. The molecule has 5 heteroatoms. The average Bonchev–Trinajstić information content (AvgIpc) is 2.30. The molecule has 94 valence electrons. The fourth-order valence-electron chi connectivity index (χ4n) is 2.22. The molecule has 0 radical (unpaired) electrons. The van der Waals surface area contributed by atoms with Crippen LogP contribution in [0.2, 0.25) is 0 Å². The summed E-state index contributed by atoms with van der Waals surface area (Å²) in [4.78, 5) is 3.89. The standard InChI is InChI=1S/C12H18N2O2S/c15-17(16,9-11-3-6-13-7-4-11)10-12-2-1-5-14-8-12/h3-4,6-7,12,14H,1-2,5,8-10H2. The van der Waals surface area contributed by atoms with Crippen molar-refractivity contribution >= 4 is 9.84 Å². The van der Waals surface area contributed by atoms with Gasteiger partial charge < -0.3 is 5.32 Å². The third kappa shape index (κ3) is 4.09. The van der Waals surface area contributed by atoms with Crippen LogP contribution < -0.4 is 5.32 Å². The van der Waals surface area contributed by atoms with Gasteiger partial charge in [0.1, 0.15) is 0 Å². The molecule has 0 saturated carbocycles. The number of rotatable bonds is 4. The first-order chi connectivity index (χ1) is 8.16. The van der Waals surface area contributed by atoms with Gasteiger partial charge in [-0.25, -0.2) is 8.42 Å². The number of hydrogen-bond donors (Lipinski definition) is 1. The van der Waals surface area contributed by atoms with E-state index in [4.69, 9.17) is 0 Å². The Hall–Kier alpha value is -0.940. The Balaban J connectivity index is 1.94. The van der Waals surface area contributed by atoms with E-state index in [1.54, 1.807) is 24.5 Å². The molecular weight excluding hydrogens is 236 g/mol. The lowest BCUT2D eigenvalue weighted by Gasteiger charge is -2.22. The maximum Gasteiger partial charge on any atom is 0.154 e. The summed E-state index contributed by atoms with van der Waals surface area (Å²) < 4.78 is 24.0. The van der Waals surface area contributed by atoms with E-state index < -0.39 is 9.84 Å². The molecule has 1 aliphatic heterocycles. The summed E-state index contributed by atoms with van der Waals surface area (Å²) >= 11 is 0. The second-order valence-electron chi connectivity index (χ2n) is 4.62. The Labute approximate surface area is 102 Å². The Morgan fingerprint density at radius 1 is 1.35 bits per heavy atom. The topological polar surface area (TPSA) is 59.1 Å². The quantitative estimate of drug-likeness (QED) is 0.870. The summed E-state index contributed by atoms with van der Waals surface area (Å²) in [7, 11) is -3.00. The van der Waals surface area contributed by atoms with Crippen LogP contribution >= 0.6 is 0 Å². The first kappa shape index (κ1) is 12.5. The molecule has 1 aliphatic rings. The van der Waals surface area contributed by atoms with Crippen molar-refractivity contribution in [3.63, 3.8) is 0 Å². The fraction of sp³-hybridized carbons (Fsp3) is 0.583. The molecular formula is C12H18N2O2S. The zero-order valence-electron chi connectivity index (χ0n) is 9.80. The van der Waals surface area contributed by atoms with E-state index in [0.717, 1.165) is 31.5 Å². The molecule has 2 rings (SSSR count). The Bertz CT molecular complexity index is 439. The van der Waals surface area contributed by atoms with Crippen LogP contribution in [-0.2, 0) is 15.6 Å². The minimum Gasteiger partial charge on any atom is -0.316 e. The maximum absolute atomic E-state index is 12.0. The molecule has 0 bridgehead atoms. The van der Waals surface area contributed by atoms with Crippen LogP contribution in [0.5, 0.6) is 0 Å². The van der Waals surface area contributed by atoms with Crippen LogP contribution in [0.15, 0.2) is 24.5 Å². The highest BCUT2D eigenvalue weighted by Crippen LogP contribution is 2.15. The molecule has 2 heterocycles. The van der Waals surface area contributed by atoms with Gasteiger partial charge in [0.15, 0.2) is 9.84 Å². The molecule has 4 nitrogen and oxygen atoms in total. The fourth-order valence-corrected chi connectivity index (χ4v) is 4.04. The zero-order chi connectivity index (χ0) is 12.1. The minimum absolute atomic E-state index is 0.131. The third-order valence-electron chi connectivity index (χ3n) is 3.02. The summed E-state index contributed by atoms with van der Waals surface area (Å²) in [5.41, 5.74) is 0.823. The molecule has 0 aromatic carbocycles. The normalized spacial score (nSPS) is 21.3. The predicted molar refractivity (Wildman–Crippen MR) is 67.3 cm³/mol. The number of piperidine rings is 1. The molecule has 0 aliphatic carbocycles. The van der Waals surface area contributed by atoms with Gasteiger partial charge in [-0.15, -0.1) is 0 Å². The van der Waals surface area contributed by atoms with Crippen LogP contribution in [0.1, 0.15) is 18.4 Å². The largest absolute Gasteiger partial charge is 0.316 e. The van der Waals surface area contributed by atoms with E-state index in [0.29, 0.717) is 5.75 Å². The number of nitrogens with one attached hydrogen (secondary N) is 1. The number of hydrogen-bond acceptors (Lipinski definition) is 4. The van der Waals surface area contributed by atoms with E-state index in [1.165, 1.54) is 0 Å². The van der Waals surface area contributed by atoms with E-state index in [-0.39, 0.29) is 11.7 Å². The smallest absolute Gasteiger partial charge is 0.154 e. The van der Waals surface area contributed by atoms with Gasteiger partial charge in [0.2, 0.25) is 0 Å². The van der Waals surface area contributed by atoms with Crippen LogP contribution in [0.4, 0.5) is 0 Å². The molecule has 1 N–H and O–H groups in total. The van der Waals surface area contributed by atoms with Crippen LogP contribution in [0.25, 0.3) is 0 Å². The number of pyridine rings is 1. The number of sulfone groups is 1. The average molecular weight is 254 g/mol. The van der Waals surface area contributed by atoms with Crippen molar-refractivity contribution in [1.29, 1.82) is 0 Å². The van der Waals surface area contributed by atoms with Crippen LogP contribution in [0.3, 0.4) is 0 Å². The Kier molecular flexibility index (Phi) is 4.12. The van der Waals surface area contributed by atoms with E-state index in [2.05, 4.69) is 10.3 Å². The molecule has 1 saturated heterocycles. The minimum atomic E-state index is -3.00. The van der Waals surface area contributed by atoms with Gasteiger partial charge in [-0.2, -0.15) is 0 Å². The van der Waals surface area contributed by atoms with Gasteiger partial charge in [-0.3, -0.25) is 4.98 Å². The van der Waals surface area contributed by atoms with Crippen LogP contribution in [0, 0.1) is 5.92 Å². The number of nitrogens with zero attached hydrogens (tertiary/aromatic N) is 1. The molecule has 1 aromatic heterocycles. The lowest BCUT2D eigenvalue weighted by atomic mass is 10.0. The van der Waals surface area contributed by atoms with Gasteiger partial charge in [-0.1, -0.05) is 0 Å². The van der Waals surface area contributed by atoms with E-state index in [1.807, 2.05) is 0 Å². The molecule has 1 atom stereocenters. The van der Waals surface area contributed by atoms with Crippen molar-refractivity contribution < 1.29 is 8.42 Å². The molecule has 1 aromatic rings. The monoisotopic (exact) mass is 254 g/mol. The van der Waals surface area contributed by atoms with Gasteiger partial charge in [-0.05, 0) is 49.5 Å². The van der Waals surface area contributed by atoms with Gasteiger partial charge >= 0.3 is 0 Å². The van der Waals surface area contributed by atoms with E-state index in [9.17, 15) is 8.42 Å². The van der Waals surface area contributed by atoms with Crippen molar-refractivity contribution in [2.45, 2.75) is 18.6 Å². The Morgan fingerprint density at radius 3 is 2.76 bits per heavy atom. The maximum atomic E-state index is 12.0. The van der Waals surface area contributed by atoms with Crippen molar-refractivity contribution in [1.82, 2.24) is 10.3 Å². The van der Waals surface area contributed by atoms with Crippen molar-refractivity contribution in [2.75, 3.05) is 18.8 Å². The van der Waals surface area contributed by atoms with Crippen molar-refractivity contribution in [2.24, 2.45) is 5.92 Å². The zero-order valence-corrected chi connectivity index (χ0v) is 10.6. The molecule has 0 spiro atoms. The highest BCUT2D eigenvalue weighted by molar-refractivity contribution is 7.90. The van der Waals surface area contributed by atoms with Gasteiger partial charge in [0.25, 0.3) is 0 Å². The van der Waals surface area contributed by atoms with Crippen LogP contribution in [-0.4, -0.2) is 32.2 Å². The van der Waals surface area contributed by atoms with Crippen molar-refractivity contribution in [3.05, 3.63) is 30.1 Å². The highest BCUT2D eigenvalue weighted by Gasteiger charge is 2.21. The summed E-state index contributed by atoms with van der Waals surface area (Å²) in [5.74, 6) is 0.699. The first-order valence-electron chi connectivity index (χ1n) is 5.96. The van der Waals surface area contributed by atoms with Gasteiger partial charge in [0, 0.05) is 12.4 Å². The first-order valence-corrected chi connectivity index (χ1v) is 7.78. The molecule has 1 fully saturated rings. The summed E-state index contributed by atoms with van der Waals surface area (Å²) in [5, 5.41) is 3.25. The third-order valence-corrected chi connectivity index (χ3v) is 4.78. The summed E-state index contributed by atoms with van der Waals surface area (Å²) in [6, 6.07) is 3.52. The lowest BCUT2D eigenvalue weighted by Crippen LogP contribution is -2.34. The molecule has 0 amide bonds.